The summed E-state index contributed by atoms with van der Waals surface area (Å²) in [6.07, 6.45) is 0.0972. The minimum Gasteiger partial charge on any atom is -0.396 e. The second-order valence-electron chi connectivity index (χ2n) is 1.43. The molecule has 4 heteroatoms. The lowest BCUT2D eigenvalue weighted by atomic mass is 10.4. The molecule has 0 aliphatic heterocycles. The lowest BCUT2D eigenvalue weighted by Crippen LogP contribution is -2.23. The second kappa shape index (κ2) is 5.53. The van der Waals surface area contributed by atoms with Gasteiger partial charge in [-0.15, -0.1) is 0 Å². The largest absolute Gasteiger partial charge is 0.396 e. The quantitative estimate of drug-likeness (QED) is 0.505. The summed E-state index contributed by atoms with van der Waals surface area (Å²) in [4.78, 5) is 14.9. The minimum atomic E-state index is -0.292. The molecule has 0 saturated heterocycles. The molecule has 54 valence electrons. The van der Waals surface area contributed by atoms with Gasteiger partial charge in [0.05, 0.1) is 19.6 Å². The highest BCUT2D eigenvalue weighted by molar-refractivity contribution is 5.74. The second-order valence-corrected chi connectivity index (χ2v) is 1.43. The van der Waals surface area contributed by atoms with Gasteiger partial charge in [0, 0.05) is 0 Å². The van der Waals surface area contributed by atoms with Crippen molar-refractivity contribution in [1.82, 2.24) is 5.48 Å². The maximum Gasteiger partial charge on any atom is 0.245 e. The molecule has 9 heavy (non-hydrogen) atoms. The van der Waals surface area contributed by atoms with Crippen LogP contribution in [0.5, 0.6) is 0 Å². The lowest BCUT2D eigenvalue weighted by molar-refractivity contribution is -0.133. The van der Waals surface area contributed by atoms with Crippen LogP contribution in [0.4, 0.5) is 0 Å². The highest BCUT2D eigenvalue weighted by Crippen LogP contribution is 1.75. The summed E-state index contributed by atoms with van der Waals surface area (Å²) in [7, 11) is 0. The summed E-state index contributed by atoms with van der Waals surface area (Å²) in [5, 5.41) is 8.22. The average molecular weight is 133 g/mol. The number of carbonyl (C=O) groups is 1. The topological polar surface area (TPSA) is 58.6 Å². The molecule has 0 fully saturated rings. The normalized spacial score (nSPS) is 9.11. The molecule has 0 spiro atoms. The van der Waals surface area contributed by atoms with E-state index in [0.717, 1.165) is 0 Å². The van der Waals surface area contributed by atoms with Gasteiger partial charge in [0.25, 0.3) is 0 Å². The van der Waals surface area contributed by atoms with Gasteiger partial charge >= 0.3 is 0 Å². The van der Waals surface area contributed by atoms with Crippen LogP contribution in [0.3, 0.4) is 0 Å². The smallest absolute Gasteiger partial charge is 0.245 e. The summed E-state index contributed by atoms with van der Waals surface area (Å²) in [5.74, 6) is -0.292. The van der Waals surface area contributed by atoms with Gasteiger partial charge < -0.3 is 5.11 Å². The predicted octanol–water partition coefficient (Wildman–Crippen LogP) is -0.564. The van der Waals surface area contributed by atoms with E-state index >= 15 is 0 Å². The number of rotatable bonds is 4. The van der Waals surface area contributed by atoms with Gasteiger partial charge in [-0.1, -0.05) is 0 Å². The number of hydroxylamine groups is 1. The first-order chi connectivity index (χ1) is 4.31. The summed E-state index contributed by atoms with van der Waals surface area (Å²) in [6, 6.07) is 0. The Bertz CT molecular complexity index is 84.3. The van der Waals surface area contributed by atoms with Crippen LogP contribution < -0.4 is 5.48 Å². The number of aliphatic hydroxyl groups is 1. The Morgan fingerprint density at radius 2 is 2.44 bits per heavy atom. The number of nitrogens with one attached hydrogen (secondary N) is 1. The van der Waals surface area contributed by atoms with E-state index in [4.69, 9.17) is 5.11 Å². The van der Waals surface area contributed by atoms with E-state index in [1.54, 1.807) is 6.92 Å². The van der Waals surface area contributed by atoms with Gasteiger partial charge in [0.2, 0.25) is 5.91 Å². The molecule has 0 atom stereocenters. The molecule has 0 heterocycles. The van der Waals surface area contributed by atoms with Crippen LogP contribution in [0, 0.1) is 0 Å². The standard InChI is InChI=1S/C5H11NO3/c1-2-9-6-5(8)3-4-7/h7H,2-4H2,1H3,(H,6,8). The lowest BCUT2D eigenvalue weighted by Gasteiger charge is -1.99. The first-order valence-electron chi connectivity index (χ1n) is 2.82. The highest BCUT2D eigenvalue weighted by Gasteiger charge is 1.95. The number of aliphatic hydroxyl groups excluding tert-OH is 1. The fraction of sp³-hybridized carbons (Fsp3) is 0.800. The van der Waals surface area contributed by atoms with Crippen LogP contribution in [-0.4, -0.2) is 24.2 Å². The van der Waals surface area contributed by atoms with Gasteiger partial charge in [-0.25, -0.2) is 5.48 Å². The van der Waals surface area contributed by atoms with Crippen molar-refractivity contribution in [2.24, 2.45) is 0 Å². The maximum absolute atomic E-state index is 10.4. The number of carbonyl (C=O) groups excluding carboxylic acids is 1. The number of hydrogen-bond acceptors (Lipinski definition) is 3. The number of hydrogen-bond donors (Lipinski definition) is 2. The maximum atomic E-state index is 10.4. The molecular formula is C5H11NO3. The van der Waals surface area contributed by atoms with Crippen LogP contribution in [0.2, 0.25) is 0 Å². The molecule has 0 radical (unpaired) electrons. The van der Waals surface area contributed by atoms with E-state index in [1.165, 1.54) is 0 Å². The Morgan fingerprint density at radius 1 is 1.78 bits per heavy atom. The van der Waals surface area contributed by atoms with Crippen molar-refractivity contribution in [3.8, 4) is 0 Å². The molecule has 4 nitrogen and oxygen atoms in total. The Morgan fingerprint density at radius 3 is 2.89 bits per heavy atom. The summed E-state index contributed by atoms with van der Waals surface area (Å²) >= 11 is 0. The van der Waals surface area contributed by atoms with E-state index in [9.17, 15) is 4.79 Å². The van der Waals surface area contributed by atoms with Crippen LogP contribution in [-0.2, 0) is 9.63 Å². The third-order valence-electron chi connectivity index (χ3n) is 0.669. The Kier molecular flexibility index (Phi) is 5.15. The number of amides is 1. The molecule has 1 amide bonds. The van der Waals surface area contributed by atoms with E-state index in [1.807, 2.05) is 0 Å². The zero-order valence-corrected chi connectivity index (χ0v) is 5.39. The van der Waals surface area contributed by atoms with Gasteiger partial charge in [-0.05, 0) is 6.92 Å². The van der Waals surface area contributed by atoms with Crippen LogP contribution in [0.1, 0.15) is 13.3 Å². The first kappa shape index (κ1) is 8.39. The summed E-state index contributed by atoms with van der Waals surface area (Å²) in [6.45, 7) is 2.06. The molecule has 0 aliphatic carbocycles. The molecule has 0 aliphatic rings. The fourth-order valence-electron chi connectivity index (χ4n) is 0.305. The molecule has 0 saturated carbocycles. The SMILES string of the molecule is CCONC(=O)CCO. The van der Waals surface area contributed by atoms with E-state index in [0.29, 0.717) is 6.61 Å². The summed E-state index contributed by atoms with van der Waals surface area (Å²) < 4.78 is 0. The molecule has 0 bridgehead atoms. The molecule has 0 aromatic rings. The molecule has 0 rings (SSSR count). The van der Waals surface area contributed by atoms with E-state index < -0.39 is 0 Å². The van der Waals surface area contributed by atoms with Crippen molar-refractivity contribution >= 4 is 5.91 Å². The molecular weight excluding hydrogens is 122 g/mol. The van der Waals surface area contributed by atoms with Crippen LogP contribution in [0.25, 0.3) is 0 Å². The van der Waals surface area contributed by atoms with Crippen molar-refractivity contribution in [2.45, 2.75) is 13.3 Å². The Labute approximate surface area is 53.8 Å². The Hall–Kier alpha value is -0.610. The van der Waals surface area contributed by atoms with Crippen molar-refractivity contribution < 1.29 is 14.7 Å². The first-order valence-corrected chi connectivity index (χ1v) is 2.82. The van der Waals surface area contributed by atoms with Gasteiger partial charge in [0.1, 0.15) is 0 Å². The van der Waals surface area contributed by atoms with E-state index in [2.05, 4.69) is 10.3 Å². The molecule has 0 aromatic heterocycles. The third-order valence-corrected chi connectivity index (χ3v) is 0.669. The predicted molar refractivity (Wildman–Crippen MR) is 31.5 cm³/mol. The van der Waals surface area contributed by atoms with E-state index in [-0.39, 0.29) is 18.9 Å². The van der Waals surface area contributed by atoms with Gasteiger partial charge in [-0.2, -0.15) is 0 Å². The molecule has 2 N–H and O–H groups in total. The minimum absolute atomic E-state index is 0.0972. The van der Waals surface area contributed by atoms with Crippen LogP contribution >= 0.6 is 0 Å². The van der Waals surface area contributed by atoms with Crippen molar-refractivity contribution in [3.05, 3.63) is 0 Å². The van der Waals surface area contributed by atoms with Crippen molar-refractivity contribution in [1.29, 1.82) is 0 Å². The monoisotopic (exact) mass is 133 g/mol. The fourth-order valence-corrected chi connectivity index (χ4v) is 0.305. The van der Waals surface area contributed by atoms with Crippen molar-refractivity contribution in [2.75, 3.05) is 13.2 Å². The van der Waals surface area contributed by atoms with Crippen molar-refractivity contribution in [3.63, 3.8) is 0 Å². The van der Waals surface area contributed by atoms with Gasteiger partial charge in [-0.3, -0.25) is 9.63 Å². The average Bonchev–Trinajstić information content (AvgIpc) is 1.85. The zero-order valence-electron chi connectivity index (χ0n) is 5.39. The molecule has 0 aromatic carbocycles. The third kappa shape index (κ3) is 5.26. The summed E-state index contributed by atoms with van der Waals surface area (Å²) in [5.41, 5.74) is 2.13. The Balaban J connectivity index is 3.06. The molecule has 0 unspecified atom stereocenters. The van der Waals surface area contributed by atoms with Gasteiger partial charge in [0.15, 0.2) is 0 Å². The highest BCUT2D eigenvalue weighted by atomic mass is 16.6. The zero-order chi connectivity index (χ0) is 7.11. The van der Waals surface area contributed by atoms with Crippen LogP contribution in [0.15, 0.2) is 0 Å².